The molecule has 0 aliphatic carbocycles. The minimum Gasteiger partial charge on any atom is -0.478 e. The second-order valence-electron chi connectivity index (χ2n) is 6.59. The molecule has 0 bridgehead atoms. The molecule has 1 saturated heterocycles. The summed E-state index contributed by atoms with van der Waals surface area (Å²) in [6.45, 7) is 3.22. The Hall–Kier alpha value is -2.22. The van der Waals surface area contributed by atoms with Crippen LogP contribution in [0.3, 0.4) is 0 Å². The van der Waals surface area contributed by atoms with Crippen LogP contribution in [0.2, 0.25) is 0 Å². The van der Waals surface area contributed by atoms with Crippen LogP contribution in [0.1, 0.15) is 27.5 Å². The number of hydrogen-bond acceptors (Lipinski definition) is 4. The predicted octanol–water partition coefficient (Wildman–Crippen LogP) is 2.37. The van der Waals surface area contributed by atoms with Crippen molar-refractivity contribution in [2.75, 3.05) is 26.7 Å². The number of hydrogen-bond donors (Lipinski definition) is 1. The Bertz CT molecular complexity index is 912. The fourth-order valence-corrected chi connectivity index (χ4v) is 4.89. The van der Waals surface area contributed by atoms with Gasteiger partial charge in [-0.3, -0.25) is 0 Å². The number of piperazine rings is 1. The summed E-state index contributed by atoms with van der Waals surface area (Å²) in [5.41, 5.74) is 1.47. The number of carbonyl (C=O) groups is 1. The number of carboxylic acids is 1. The largest absolute Gasteiger partial charge is 0.478 e. The lowest BCUT2D eigenvalue weighted by Crippen LogP contribution is -2.49. The molecule has 1 unspecified atom stereocenters. The number of carboxylic acid groups (broad SMARTS) is 1. The fourth-order valence-electron chi connectivity index (χ4n) is 3.26. The fraction of sp³-hybridized carbons (Fsp3) is 0.316. The normalized spacial score (nSPS) is 19.4. The van der Waals surface area contributed by atoms with Crippen molar-refractivity contribution in [2.24, 2.45) is 0 Å². The summed E-state index contributed by atoms with van der Waals surface area (Å²) in [6, 6.07) is 13.5. The van der Waals surface area contributed by atoms with Crippen molar-refractivity contribution in [1.29, 1.82) is 0 Å². The molecule has 2 aromatic rings. The third-order valence-corrected chi connectivity index (χ3v) is 6.67. The Balaban J connectivity index is 2.04. The highest BCUT2D eigenvalue weighted by molar-refractivity contribution is 7.89. The van der Waals surface area contributed by atoms with Gasteiger partial charge in [0.2, 0.25) is 10.0 Å². The quantitative estimate of drug-likeness (QED) is 0.889. The van der Waals surface area contributed by atoms with E-state index < -0.39 is 16.0 Å². The van der Waals surface area contributed by atoms with E-state index in [1.165, 1.54) is 16.4 Å². The van der Waals surface area contributed by atoms with Crippen LogP contribution in [0, 0.1) is 6.92 Å². The van der Waals surface area contributed by atoms with Gasteiger partial charge < -0.3 is 10.0 Å². The van der Waals surface area contributed by atoms with E-state index in [0.717, 1.165) is 5.56 Å². The Morgan fingerprint density at radius 2 is 1.81 bits per heavy atom. The van der Waals surface area contributed by atoms with Gasteiger partial charge in [0.05, 0.1) is 16.5 Å². The first-order valence-corrected chi connectivity index (χ1v) is 9.84. The van der Waals surface area contributed by atoms with E-state index in [1.54, 1.807) is 13.0 Å². The van der Waals surface area contributed by atoms with E-state index in [0.29, 0.717) is 25.2 Å². The number of aryl methyl sites for hydroxylation is 1. The van der Waals surface area contributed by atoms with Gasteiger partial charge in [-0.05, 0) is 37.2 Å². The Morgan fingerprint density at radius 3 is 2.46 bits per heavy atom. The van der Waals surface area contributed by atoms with E-state index in [4.69, 9.17) is 0 Å². The molecule has 0 radical (unpaired) electrons. The highest BCUT2D eigenvalue weighted by Gasteiger charge is 2.36. The average Bonchev–Trinajstić information content (AvgIpc) is 2.62. The highest BCUT2D eigenvalue weighted by atomic mass is 32.2. The van der Waals surface area contributed by atoms with E-state index in [-0.39, 0.29) is 16.5 Å². The maximum Gasteiger partial charge on any atom is 0.335 e. The van der Waals surface area contributed by atoms with Crippen LogP contribution >= 0.6 is 0 Å². The zero-order chi connectivity index (χ0) is 18.9. The molecule has 1 N–H and O–H groups in total. The lowest BCUT2D eigenvalue weighted by atomic mass is 10.1. The Kier molecular flexibility index (Phi) is 5.13. The van der Waals surface area contributed by atoms with Gasteiger partial charge in [-0.15, -0.1) is 0 Å². The van der Waals surface area contributed by atoms with Crippen molar-refractivity contribution in [3.05, 3.63) is 65.2 Å². The molecule has 3 rings (SSSR count). The van der Waals surface area contributed by atoms with E-state index >= 15 is 0 Å². The SMILES string of the molecule is Cc1ccc(S(=O)(=O)N2CCN(C)CC2c2ccccc2)cc1C(=O)O. The Labute approximate surface area is 153 Å². The van der Waals surface area contributed by atoms with E-state index in [2.05, 4.69) is 4.90 Å². The molecule has 1 fully saturated rings. The van der Waals surface area contributed by atoms with E-state index in [1.807, 2.05) is 37.4 Å². The average molecular weight is 374 g/mol. The number of rotatable bonds is 4. The molecule has 0 spiro atoms. The monoisotopic (exact) mass is 374 g/mol. The standard InChI is InChI=1S/C19H22N2O4S/c1-14-8-9-16(12-17(14)19(22)23)26(24,25)21-11-10-20(2)13-18(21)15-6-4-3-5-7-15/h3-9,12,18H,10-11,13H2,1-2H3,(H,22,23). The number of sulfonamides is 1. The molecule has 26 heavy (non-hydrogen) atoms. The van der Waals surface area contributed by atoms with Crippen molar-refractivity contribution >= 4 is 16.0 Å². The number of nitrogens with zero attached hydrogens (tertiary/aromatic N) is 2. The molecule has 0 aromatic heterocycles. The molecule has 6 nitrogen and oxygen atoms in total. The predicted molar refractivity (Wildman–Crippen MR) is 98.7 cm³/mol. The van der Waals surface area contributed by atoms with Gasteiger partial charge in [-0.25, -0.2) is 13.2 Å². The minimum atomic E-state index is -3.81. The molecule has 138 valence electrons. The van der Waals surface area contributed by atoms with Gasteiger partial charge in [0.15, 0.2) is 0 Å². The third kappa shape index (κ3) is 3.51. The molecule has 0 saturated carbocycles. The molecule has 1 heterocycles. The highest BCUT2D eigenvalue weighted by Crippen LogP contribution is 2.31. The van der Waals surface area contributed by atoms with Crippen LogP contribution in [0.25, 0.3) is 0 Å². The maximum atomic E-state index is 13.3. The summed E-state index contributed by atoms with van der Waals surface area (Å²) < 4.78 is 28.0. The van der Waals surface area contributed by atoms with Crippen LogP contribution < -0.4 is 0 Å². The van der Waals surface area contributed by atoms with Gasteiger partial charge in [-0.2, -0.15) is 4.31 Å². The molecule has 2 aromatic carbocycles. The molecular weight excluding hydrogens is 352 g/mol. The molecule has 1 atom stereocenters. The molecule has 0 amide bonds. The summed E-state index contributed by atoms with van der Waals surface area (Å²) in [4.78, 5) is 13.5. The summed E-state index contributed by atoms with van der Waals surface area (Å²) in [6.07, 6.45) is 0. The smallest absolute Gasteiger partial charge is 0.335 e. The Morgan fingerprint density at radius 1 is 1.12 bits per heavy atom. The summed E-state index contributed by atoms with van der Waals surface area (Å²) in [5, 5.41) is 9.32. The van der Waals surface area contributed by atoms with Crippen molar-refractivity contribution < 1.29 is 18.3 Å². The van der Waals surface area contributed by atoms with Gasteiger partial charge in [-0.1, -0.05) is 36.4 Å². The van der Waals surface area contributed by atoms with Crippen molar-refractivity contribution in [3.63, 3.8) is 0 Å². The number of likely N-dealkylation sites (N-methyl/N-ethyl adjacent to an activating group) is 1. The summed E-state index contributed by atoms with van der Waals surface area (Å²) in [5.74, 6) is -1.13. The second-order valence-corrected chi connectivity index (χ2v) is 8.48. The van der Waals surface area contributed by atoms with Gasteiger partial charge >= 0.3 is 5.97 Å². The zero-order valence-corrected chi connectivity index (χ0v) is 15.6. The first kappa shape index (κ1) is 18.6. The third-order valence-electron chi connectivity index (χ3n) is 4.76. The van der Waals surface area contributed by atoms with Crippen LogP contribution in [0.5, 0.6) is 0 Å². The number of aromatic carboxylic acids is 1. The van der Waals surface area contributed by atoms with Crippen LogP contribution in [-0.2, 0) is 10.0 Å². The molecule has 1 aliphatic heterocycles. The maximum absolute atomic E-state index is 13.3. The van der Waals surface area contributed by atoms with Crippen LogP contribution in [0.15, 0.2) is 53.4 Å². The zero-order valence-electron chi connectivity index (χ0n) is 14.8. The number of benzene rings is 2. The van der Waals surface area contributed by atoms with Gasteiger partial charge in [0.1, 0.15) is 0 Å². The lowest BCUT2D eigenvalue weighted by molar-refractivity contribution is 0.0696. The van der Waals surface area contributed by atoms with Crippen LogP contribution in [0.4, 0.5) is 0 Å². The molecule has 7 heteroatoms. The summed E-state index contributed by atoms with van der Waals surface area (Å²) in [7, 11) is -1.85. The molecule has 1 aliphatic rings. The summed E-state index contributed by atoms with van der Waals surface area (Å²) >= 11 is 0. The first-order chi connectivity index (χ1) is 12.3. The van der Waals surface area contributed by atoms with Crippen molar-refractivity contribution in [2.45, 2.75) is 17.9 Å². The molecular formula is C19H22N2O4S. The lowest BCUT2D eigenvalue weighted by Gasteiger charge is -2.39. The topological polar surface area (TPSA) is 77.9 Å². The van der Waals surface area contributed by atoms with Gasteiger partial charge in [0.25, 0.3) is 0 Å². The van der Waals surface area contributed by atoms with E-state index in [9.17, 15) is 18.3 Å². The second kappa shape index (κ2) is 7.19. The minimum absolute atomic E-state index is 0.0106. The van der Waals surface area contributed by atoms with Crippen LogP contribution in [-0.4, -0.2) is 55.4 Å². The van der Waals surface area contributed by atoms with Gasteiger partial charge in [0, 0.05) is 19.6 Å². The first-order valence-electron chi connectivity index (χ1n) is 8.40. The van der Waals surface area contributed by atoms with Crippen molar-refractivity contribution in [1.82, 2.24) is 9.21 Å². The van der Waals surface area contributed by atoms with Crippen molar-refractivity contribution in [3.8, 4) is 0 Å².